The summed E-state index contributed by atoms with van der Waals surface area (Å²) >= 11 is 5.82. The van der Waals surface area contributed by atoms with Gasteiger partial charge in [-0.2, -0.15) is 9.98 Å². The largest absolute Gasteiger partial charge is 0.368 e. The van der Waals surface area contributed by atoms with Gasteiger partial charge in [0.15, 0.2) is 0 Å². The molecule has 8 heteroatoms. The van der Waals surface area contributed by atoms with Gasteiger partial charge in [0.1, 0.15) is 12.1 Å². The van der Waals surface area contributed by atoms with E-state index in [9.17, 15) is 13.2 Å². The number of nitrogens with two attached hydrogens (primary N) is 1. The van der Waals surface area contributed by atoms with E-state index in [0.717, 1.165) is 6.07 Å². The molecule has 1 aromatic carbocycles. The lowest BCUT2D eigenvalue weighted by Gasteiger charge is -2.28. The zero-order valence-corrected chi connectivity index (χ0v) is 13.4. The number of amides is 1. The van der Waals surface area contributed by atoms with Gasteiger partial charge in [-0.25, -0.2) is 8.42 Å². The molecule has 1 amide bonds. The first-order valence-corrected chi connectivity index (χ1v) is 7.86. The predicted molar refractivity (Wildman–Crippen MR) is 78.9 cm³/mol. The quantitative estimate of drug-likeness (QED) is 0.868. The molecule has 0 aliphatic rings. The summed E-state index contributed by atoms with van der Waals surface area (Å²) in [6.07, 6.45) is 0. The SMILES string of the molecule is CC(C)(C)[C@H](NS(=O)(=O)c1ccc(C#N)c(Cl)c1)C(N)=O. The lowest BCUT2D eigenvalue weighted by Crippen LogP contribution is -2.51. The second kappa shape index (κ2) is 6.02. The molecule has 0 bridgehead atoms. The molecule has 0 aromatic heterocycles. The van der Waals surface area contributed by atoms with Crippen LogP contribution in [-0.2, 0) is 14.8 Å². The van der Waals surface area contributed by atoms with Crippen LogP contribution in [0.4, 0.5) is 0 Å². The van der Waals surface area contributed by atoms with Gasteiger partial charge >= 0.3 is 0 Å². The summed E-state index contributed by atoms with van der Waals surface area (Å²) in [5.41, 5.74) is 4.73. The van der Waals surface area contributed by atoms with Crippen molar-refractivity contribution < 1.29 is 13.2 Å². The van der Waals surface area contributed by atoms with Gasteiger partial charge in [-0.05, 0) is 23.6 Å². The molecular weight excluding hydrogens is 314 g/mol. The Balaban J connectivity index is 3.21. The first-order valence-electron chi connectivity index (χ1n) is 6.00. The Morgan fingerprint density at radius 3 is 2.38 bits per heavy atom. The van der Waals surface area contributed by atoms with Gasteiger partial charge in [-0.1, -0.05) is 32.4 Å². The van der Waals surface area contributed by atoms with E-state index in [1.165, 1.54) is 12.1 Å². The van der Waals surface area contributed by atoms with E-state index in [2.05, 4.69) is 4.72 Å². The van der Waals surface area contributed by atoms with Gasteiger partial charge in [-0.15, -0.1) is 0 Å². The number of carbonyl (C=O) groups excluding carboxylic acids is 1. The molecule has 6 nitrogen and oxygen atoms in total. The molecule has 0 fully saturated rings. The third-order valence-corrected chi connectivity index (χ3v) is 4.53. The van der Waals surface area contributed by atoms with E-state index >= 15 is 0 Å². The van der Waals surface area contributed by atoms with Crippen LogP contribution >= 0.6 is 11.6 Å². The fraction of sp³-hybridized carbons (Fsp3) is 0.385. The van der Waals surface area contributed by atoms with Gasteiger partial charge in [0.2, 0.25) is 15.9 Å². The number of sulfonamides is 1. The lowest BCUT2D eigenvalue weighted by atomic mass is 9.87. The maximum atomic E-state index is 12.3. The van der Waals surface area contributed by atoms with E-state index in [1.807, 2.05) is 6.07 Å². The van der Waals surface area contributed by atoms with E-state index in [0.29, 0.717) is 0 Å². The Labute approximate surface area is 128 Å². The second-order valence-corrected chi connectivity index (χ2v) is 7.70. The molecule has 0 radical (unpaired) electrons. The fourth-order valence-corrected chi connectivity index (χ4v) is 3.36. The van der Waals surface area contributed by atoms with Crippen LogP contribution in [0.3, 0.4) is 0 Å². The summed E-state index contributed by atoms with van der Waals surface area (Å²) in [5, 5.41) is 8.80. The fourth-order valence-electron chi connectivity index (χ4n) is 1.64. The first kappa shape index (κ1) is 17.4. The minimum atomic E-state index is -3.98. The van der Waals surface area contributed by atoms with E-state index in [-0.39, 0.29) is 15.5 Å². The number of hydrogen-bond acceptors (Lipinski definition) is 4. The van der Waals surface area contributed by atoms with E-state index in [4.69, 9.17) is 22.6 Å². The molecule has 0 saturated heterocycles. The Morgan fingerprint density at radius 2 is 2.00 bits per heavy atom. The van der Waals surface area contributed by atoms with Crippen LogP contribution in [-0.4, -0.2) is 20.4 Å². The molecule has 0 saturated carbocycles. The zero-order chi connectivity index (χ0) is 16.4. The summed E-state index contributed by atoms with van der Waals surface area (Å²) < 4.78 is 26.8. The summed E-state index contributed by atoms with van der Waals surface area (Å²) in [7, 11) is -3.98. The Bertz CT molecular complexity index is 702. The number of nitrogens with zero attached hydrogens (tertiary/aromatic N) is 1. The van der Waals surface area contributed by atoms with Gasteiger partial charge < -0.3 is 5.73 Å². The average Bonchev–Trinajstić information content (AvgIpc) is 2.34. The maximum Gasteiger partial charge on any atom is 0.241 e. The molecule has 0 unspecified atom stereocenters. The zero-order valence-electron chi connectivity index (χ0n) is 11.8. The first-order chi connectivity index (χ1) is 9.49. The van der Waals surface area contributed by atoms with Crippen LogP contribution in [0.15, 0.2) is 23.1 Å². The lowest BCUT2D eigenvalue weighted by molar-refractivity contribution is -0.121. The number of nitriles is 1. The molecule has 0 aliphatic carbocycles. The van der Waals surface area contributed by atoms with Crippen molar-refractivity contribution >= 4 is 27.5 Å². The minimum Gasteiger partial charge on any atom is -0.368 e. The molecule has 114 valence electrons. The standard InChI is InChI=1S/C13H16ClN3O3S/c1-13(2,3)11(12(16)18)17-21(19,20)9-5-4-8(7-15)10(14)6-9/h4-6,11,17H,1-3H3,(H2,16,18)/t11-/m1/s1. The van der Waals surface area contributed by atoms with Gasteiger partial charge in [0.25, 0.3) is 0 Å². The van der Waals surface area contributed by atoms with Gasteiger partial charge in [0.05, 0.1) is 15.5 Å². The third-order valence-electron chi connectivity index (χ3n) is 2.79. The monoisotopic (exact) mass is 329 g/mol. The van der Waals surface area contributed by atoms with Crippen LogP contribution < -0.4 is 10.5 Å². The molecule has 0 spiro atoms. The average molecular weight is 330 g/mol. The number of benzene rings is 1. The third kappa shape index (κ3) is 4.17. The van der Waals surface area contributed by atoms with Crippen molar-refractivity contribution in [1.29, 1.82) is 5.26 Å². The van der Waals surface area contributed by atoms with Crippen molar-refractivity contribution in [3.63, 3.8) is 0 Å². The van der Waals surface area contributed by atoms with Crippen molar-refractivity contribution in [2.75, 3.05) is 0 Å². The predicted octanol–water partition coefficient (Wildman–Crippen LogP) is 1.39. The van der Waals surface area contributed by atoms with Crippen LogP contribution in [0.1, 0.15) is 26.3 Å². The molecular formula is C13H16ClN3O3S. The highest BCUT2D eigenvalue weighted by Gasteiger charge is 2.34. The normalized spacial score (nSPS) is 13.5. The van der Waals surface area contributed by atoms with Crippen LogP contribution in [0, 0.1) is 16.7 Å². The Morgan fingerprint density at radius 1 is 1.43 bits per heavy atom. The Hall–Kier alpha value is -1.62. The summed E-state index contributed by atoms with van der Waals surface area (Å²) in [4.78, 5) is 11.3. The number of primary amides is 1. The number of carbonyl (C=O) groups is 1. The van der Waals surface area contributed by atoms with Gasteiger partial charge in [-0.3, -0.25) is 4.79 Å². The Kier molecular flexibility index (Phi) is 4.99. The van der Waals surface area contributed by atoms with Crippen LogP contribution in [0.5, 0.6) is 0 Å². The van der Waals surface area contributed by atoms with Crippen molar-refractivity contribution in [1.82, 2.24) is 4.72 Å². The van der Waals surface area contributed by atoms with E-state index in [1.54, 1.807) is 20.8 Å². The summed E-state index contributed by atoms with van der Waals surface area (Å²) in [6, 6.07) is 4.46. The molecule has 1 aromatic rings. The van der Waals surface area contributed by atoms with E-state index < -0.39 is 27.4 Å². The second-order valence-electron chi connectivity index (χ2n) is 5.58. The highest BCUT2D eigenvalue weighted by Crippen LogP contribution is 2.24. The van der Waals surface area contributed by atoms with Crippen LogP contribution in [0.25, 0.3) is 0 Å². The molecule has 1 rings (SSSR count). The molecule has 3 N–H and O–H groups in total. The highest BCUT2D eigenvalue weighted by atomic mass is 35.5. The van der Waals surface area contributed by atoms with Crippen molar-refractivity contribution in [3.8, 4) is 6.07 Å². The number of nitrogens with one attached hydrogen (secondary N) is 1. The maximum absolute atomic E-state index is 12.3. The van der Waals surface area contributed by atoms with Crippen LogP contribution in [0.2, 0.25) is 5.02 Å². The smallest absolute Gasteiger partial charge is 0.241 e. The summed E-state index contributed by atoms with van der Waals surface area (Å²) in [5.74, 6) is -0.772. The number of hydrogen-bond donors (Lipinski definition) is 2. The minimum absolute atomic E-state index is 0.0201. The van der Waals surface area contributed by atoms with Crippen molar-refractivity contribution in [2.24, 2.45) is 11.1 Å². The van der Waals surface area contributed by atoms with Crippen molar-refractivity contribution in [3.05, 3.63) is 28.8 Å². The molecule has 0 aliphatic heterocycles. The molecule has 1 atom stereocenters. The highest BCUT2D eigenvalue weighted by molar-refractivity contribution is 7.89. The summed E-state index contributed by atoms with van der Waals surface area (Å²) in [6.45, 7) is 5.07. The number of rotatable bonds is 4. The molecule has 0 heterocycles. The van der Waals surface area contributed by atoms with Gasteiger partial charge in [0, 0.05) is 0 Å². The molecule has 21 heavy (non-hydrogen) atoms. The number of halogens is 1. The topological polar surface area (TPSA) is 113 Å². The van der Waals surface area contributed by atoms with Crippen molar-refractivity contribution in [2.45, 2.75) is 31.7 Å².